The lowest BCUT2D eigenvalue weighted by Crippen LogP contribution is -2.18. The van der Waals surface area contributed by atoms with Gasteiger partial charge in [-0.1, -0.05) is 59.7 Å². The number of aryl methyl sites for hydroxylation is 2. The maximum Gasteiger partial charge on any atom is 0.238 e. The van der Waals surface area contributed by atoms with Gasteiger partial charge in [-0.05, 0) is 47.5 Å². The number of fused-ring (bicyclic) bond motifs is 7. The van der Waals surface area contributed by atoms with Gasteiger partial charge < -0.3 is 9.47 Å². The fourth-order valence-electron chi connectivity index (χ4n) is 3.94. The predicted octanol–water partition coefficient (Wildman–Crippen LogP) is 6.39. The van der Waals surface area contributed by atoms with Crippen molar-refractivity contribution in [2.24, 2.45) is 0 Å². The molecule has 1 unspecified atom stereocenters. The summed E-state index contributed by atoms with van der Waals surface area (Å²) in [5.74, 6) is 1.75. The number of rotatable bonds is 0. The molecule has 0 amide bonds. The quantitative estimate of drug-likeness (QED) is 0.369. The molecule has 0 radical (unpaired) electrons. The van der Waals surface area contributed by atoms with Gasteiger partial charge in [-0.25, -0.2) is 0 Å². The monoisotopic (exact) mass is 340 g/mol. The van der Waals surface area contributed by atoms with Crippen molar-refractivity contribution < 1.29 is 9.47 Å². The maximum atomic E-state index is 6.14. The molecule has 0 N–H and O–H groups in total. The van der Waals surface area contributed by atoms with Crippen molar-refractivity contribution in [2.75, 3.05) is 0 Å². The van der Waals surface area contributed by atoms with E-state index in [2.05, 4.69) is 74.5 Å². The van der Waals surface area contributed by atoms with Crippen LogP contribution in [0.1, 0.15) is 18.1 Å². The Labute approximate surface area is 153 Å². The van der Waals surface area contributed by atoms with Gasteiger partial charge in [0.1, 0.15) is 11.5 Å². The van der Waals surface area contributed by atoms with Gasteiger partial charge in [-0.15, -0.1) is 0 Å². The molecule has 0 spiro atoms. The summed E-state index contributed by atoms with van der Waals surface area (Å²) in [6.45, 7) is 6.20. The molecule has 5 rings (SSSR count). The van der Waals surface area contributed by atoms with Crippen LogP contribution >= 0.6 is 0 Å². The van der Waals surface area contributed by atoms with E-state index in [1.165, 1.54) is 32.7 Å². The number of benzene rings is 4. The van der Waals surface area contributed by atoms with Gasteiger partial charge in [-0.2, -0.15) is 0 Å². The lowest BCUT2D eigenvalue weighted by molar-refractivity contribution is 0.0264. The van der Waals surface area contributed by atoms with Gasteiger partial charge in [0, 0.05) is 18.1 Å². The Morgan fingerprint density at radius 1 is 0.615 bits per heavy atom. The molecule has 0 saturated heterocycles. The Morgan fingerprint density at radius 3 is 1.96 bits per heavy atom. The zero-order valence-corrected chi connectivity index (χ0v) is 15.2. The Kier molecular flexibility index (Phi) is 3.23. The molecule has 0 aliphatic carbocycles. The average Bonchev–Trinajstić information content (AvgIpc) is 2.76. The molecule has 1 aliphatic heterocycles. The fraction of sp³-hybridized carbons (Fsp3) is 0.167. The summed E-state index contributed by atoms with van der Waals surface area (Å²) in [7, 11) is 0. The lowest BCUT2D eigenvalue weighted by Gasteiger charge is -2.14. The third kappa shape index (κ3) is 2.26. The SMILES string of the molecule is Cc1ccc2c3c(ccc2c1)OC(C)Oc1ccc2ccc(C)cc2c1-3. The molecular weight excluding hydrogens is 320 g/mol. The Balaban J connectivity index is 1.98. The lowest BCUT2D eigenvalue weighted by atomic mass is 9.91. The summed E-state index contributed by atoms with van der Waals surface area (Å²) in [6, 6.07) is 21.5. The van der Waals surface area contributed by atoms with Crippen LogP contribution in [0.15, 0.2) is 60.7 Å². The van der Waals surface area contributed by atoms with Crippen molar-refractivity contribution in [3.63, 3.8) is 0 Å². The van der Waals surface area contributed by atoms with Gasteiger partial charge in [0.2, 0.25) is 6.29 Å². The van der Waals surface area contributed by atoms with Gasteiger partial charge >= 0.3 is 0 Å². The smallest absolute Gasteiger partial charge is 0.238 e. The summed E-state index contributed by atoms with van der Waals surface area (Å²) in [4.78, 5) is 0. The largest absolute Gasteiger partial charge is 0.455 e. The van der Waals surface area contributed by atoms with E-state index in [-0.39, 0.29) is 6.29 Å². The van der Waals surface area contributed by atoms with Crippen molar-refractivity contribution >= 4 is 21.5 Å². The molecule has 0 fully saturated rings. The Hall–Kier alpha value is -3.00. The van der Waals surface area contributed by atoms with Crippen LogP contribution in [0.3, 0.4) is 0 Å². The second-order valence-corrected chi connectivity index (χ2v) is 7.13. The second kappa shape index (κ2) is 5.50. The molecule has 1 heterocycles. The van der Waals surface area contributed by atoms with Gasteiger partial charge in [-0.3, -0.25) is 0 Å². The zero-order chi connectivity index (χ0) is 17.8. The minimum Gasteiger partial charge on any atom is -0.455 e. The summed E-state index contributed by atoms with van der Waals surface area (Å²) >= 11 is 0. The molecule has 4 aromatic carbocycles. The normalized spacial score (nSPS) is 15.7. The van der Waals surface area contributed by atoms with E-state index in [0.717, 1.165) is 22.6 Å². The van der Waals surface area contributed by atoms with Crippen molar-refractivity contribution in [2.45, 2.75) is 27.1 Å². The zero-order valence-electron chi connectivity index (χ0n) is 15.2. The predicted molar refractivity (Wildman–Crippen MR) is 107 cm³/mol. The van der Waals surface area contributed by atoms with Crippen LogP contribution in [0, 0.1) is 13.8 Å². The molecule has 2 heteroatoms. The molecule has 2 nitrogen and oxygen atoms in total. The standard InChI is InChI=1S/C24H20O2/c1-14-5-9-19-18(12-14)8-11-21-23(19)24-20-13-15(2)4-6-17(20)7-10-22(24)26-16(3)25-21/h4-13,16H,1-3H3. The minimum absolute atomic E-state index is 0.333. The summed E-state index contributed by atoms with van der Waals surface area (Å²) in [5.41, 5.74) is 4.74. The highest BCUT2D eigenvalue weighted by Crippen LogP contribution is 2.47. The van der Waals surface area contributed by atoms with Crippen molar-refractivity contribution in [3.05, 3.63) is 71.8 Å². The number of ether oxygens (including phenoxy) is 2. The van der Waals surface area contributed by atoms with Crippen LogP contribution < -0.4 is 9.47 Å². The topological polar surface area (TPSA) is 18.5 Å². The summed E-state index contributed by atoms with van der Waals surface area (Å²) < 4.78 is 12.3. The minimum atomic E-state index is -0.333. The number of hydrogen-bond donors (Lipinski definition) is 0. The van der Waals surface area contributed by atoms with Crippen molar-refractivity contribution in [1.82, 2.24) is 0 Å². The molecule has 26 heavy (non-hydrogen) atoms. The second-order valence-electron chi connectivity index (χ2n) is 7.13. The molecular formula is C24H20O2. The van der Waals surface area contributed by atoms with E-state index < -0.39 is 0 Å². The molecule has 0 saturated carbocycles. The molecule has 1 atom stereocenters. The van der Waals surface area contributed by atoms with Crippen LogP contribution in [0.5, 0.6) is 11.5 Å². The van der Waals surface area contributed by atoms with E-state index in [1.54, 1.807) is 0 Å². The average molecular weight is 340 g/mol. The van der Waals surface area contributed by atoms with E-state index in [4.69, 9.17) is 9.47 Å². The highest BCUT2D eigenvalue weighted by Gasteiger charge is 2.24. The van der Waals surface area contributed by atoms with Gasteiger partial charge in [0.15, 0.2) is 0 Å². The molecule has 0 bridgehead atoms. The van der Waals surface area contributed by atoms with E-state index in [1.807, 2.05) is 6.92 Å². The first-order valence-corrected chi connectivity index (χ1v) is 9.00. The molecule has 0 aromatic heterocycles. The third-order valence-corrected chi connectivity index (χ3v) is 5.11. The van der Waals surface area contributed by atoms with Crippen molar-refractivity contribution in [3.8, 4) is 22.6 Å². The molecule has 128 valence electrons. The first-order valence-electron chi connectivity index (χ1n) is 9.00. The van der Waals surface area contributed by atoms with E-state index in [0.29, 0.717) is 0 Å². The van der Waals surface area contributed by atoms with Crippen LogP contribution in [0.25, 0.3) is 32.7 Å². The van der Waals surface area contributed by atoms with Crippen LogP contribution in [0.2, 0.25) is 0 Å². The fourth-order valence-corrected chi connectivity index (χ4v) is 3.94. The Bertz CT molecular complexity index is 1170. The van der Waals surface area contributed by atoms with Gasteiger partial charge in [0.25, 0.3) is 0 Å². The molecule has 4 aromatic rings. The summed E-state index contributed by atoms with van der Waals surface area (Å²) in [6.07, 6.45) is -0.333. The first-order chi connectivity index (χ1) is 12.6. The van der Waals surface area contributed by atoms with E-state index >= 15 is 0 Å². The van der Waals surface area contributed by atoms with Crippen molar-refractivity contribution in [1.29, 1.82) is 0 Å². The summed E-state index contributed by atoms with van der Waals surface area (Å²) in [5, 5.41) is 4.83. The Morgan fingerprint density at radius 2 is 1.19 bits per heavy atom. The van der Waals surface area contributed by atoms with E-state index in [9.17, 15) is 0 Å². The van der Waals surface area contributed by atoms with Crippen LogP contribution in [-0.2, 0) is 0 Å². The number of hydrogen-bond acceptors (Lipinski definition) is 2. The van der Waals surface area contributed by atoms with Crippen LogP contribution in [0.4, 0.5) is 0 Å². The van der Waals surface area contributed by atoms with Crippen LogP contribution in [-0.4, -0.2) is 6.29 Å². The molecule has 1 aliphatic rings. The van der Waals surface area contributed by atoms with Gasteiger partial charge in [0.05, 0.1) is 0 Å². The first kappa shape index (κ1) is 15.3. The highest BCUT2D eigenvalue weighted by molar-refractivity contribution is 6.10. The maximum absolute atomic E-state index is 6.14. The third-order valence-electron chi connectivity index (χ3n) is 5.11. The highest BCUT2D eigenvalue weighted by atomic mass is 16.7.